The Bertz CT molecular complexity index is 836. The number of carbonyl (C=O) groups is 2. The van der Waals surface area contributed by atoms with Crippen molar-refractivity contribution in [3.8, 4) is 0 Å². The number of amides is 1. The van der Waals surface area contributed by atoms with Gasteiger partial charge < -0.3 is 15.4 Å². The average molecular weight is 345 g/mol. The second-order valence-electron chi connectivity index (χ2n) is 6.58. The van der Waals surface area contributed by atoms with Gasteiger partial charge in [-0.25, -0.2) is 0 Å². The SMILES string of the molecule is O=C(O)CC1(NC(=O)Cc2c[nH]c3ccc([N+](=O)[O-])cc23)CCCC1. The third kappa shape index (κ3) is 3.62. The average Bonchev–Trinajstić information content (AvgIpc) is 3.13. The fraction of sp³-hybridized carbons (Fsp3) is 0.412. The minimum absolute atomic E-state index is 0.0353. The summed E-state index contributed by atoms with van der Waals surface area (Å²) in [6.07, 6.45) is 4.72. The zero-order valence-electron chi connectivity index (χ0n) is 13.6. The van der Waals surface area contributed by atoms with Gasteiger partial charge in [-0.05, 0) is 24.5 Å². The van der Waals surface area contributed by atoms with E-state index in [2.05, 4.69) is 10.3 Å². The summed E-state index contributed by atoms with van der Waals surface area (Å²) >= 11 is 0. The molecule has 0 radical (unpaired) electrons. The third-order valence-electron chi connectivity index (χ3n) is 4.77. The second-order valence-corrected chi connectivity index (χ2v) is 6.58. The van der Waals surface area contributed by atoms with Crippen molar-refractivity contribution in [2.45, 2.75) is 44.1 Å². The monoisotopic (exact) mass is 345 g/mol. The van der Waals surface area contributed by atoms with Gasteiger partial charge in [0.15, 0.2) is 0 Å². The maximum atomic E-state index is 12.5. The van der Waals surface area contributed by atoms with Crippen LogP contribution in [0.25, 0.3) is 10.9 Å². The first-order valence-corrected chi connectivity index (χ1v) is 8.16. The Kier molecular flexibility index (Phi) is 4.43. The summed E-state index contributed by atoms with van der Waals surface area (Å²) in [6.45, 7) is 0. The number of aromatic amines is 1. The number of hydrogen-bond donors (Lipinski definition) is 3. The van der Waals surface area contributed by atoms with E-state index in [0.29, 0.717) is 23.8 Å². The lowest BCUT2D eigenvalue weighted by Crippen LogP contribution is -2.48. The van der Waals surface area contributed by atoms with Crippen molar-refractivity contribution in [2.75, 3.05) is 0 Å². The fourth-order valence-corrected chi connectivity index (χ4v) is 3.63. The molecule has 2 aromatic rings. The number of benzene rings is 1. The Balaban J connectivity index is 1.78. The quantitative estimate of drug-likeness (QED) is 0.548. The molecular formula is C17H19N3O5. The topological polar surface area (TPSA) is 125 Å². The summed E-state index contributed by atoms with van der Waals surface area (Å²) in [7, 11) is 0. The Labute approximate surface area is 143 Å². The molecule has 0 atom stereocenters. The number of nitrogens with zero attached hydrogens (tertiary/aromatic N) is 1. The van der Waals surface area contributed by atoms with E-state index < -0.39 is 16.4 Å². The lowest BCUT2D eigenvalue weighted by atomic mass is 9.92. The summed E-state index contributed by atoms with van der Waals surface area (Å²) in [5.41, 5.74) is 0.655. The lowest BCUT2D eigenvalue weighted by molar-refractivity contribution is -0.384. The van der Waals surface area contributed by atoms with Crippen LogP contribution >= 0.6 is 0 Å². The maximum Gasteiger partial charge on any atom is 0.305 e. The largest absolute Gasteiger partial charge is 0.481 e. The highest BCUT2D eigenvalue weighted by Gasteiger charge is 2.37. The van der Waals surface area contributed by atoms with E-state index in [1.807, 2.05) is 0 Å². The van der Waals surface area contributed by atoms with Gasteiger partial charge in [0, 0.05) is 29.2 Å². The lowest BCUT2D eigenvalue weighted by Gasteiger charge is -2.28. The summed E-state index contributed by atoms with van der Waals surface area (Å²) in [5.74, 6) is -1.19. The van der Waals surface area contributed by atoms with Crippen molar-refractivity contribution in [1.82, 2.24) is 10.3 Å². The molecule has 0 spiro atoms. The van der Waals surface area contributed by atoms with Crippen LogP contribution in [0.2, 0.25) is 0 Å². The Morgan fingerprint density at radius 1 is 1.32 bits per heavy atom. The molecule has 3 N–H and O–H groups in total. The minimum Gasteiger partial charge on any atom is -0.481 e. The number of carboxylic acid groups (broad SMARTS) is 1. The molecule has 8 nitrogen and oxygen atoms in total. The normalized spacial score (nSPS) is 16.0. The van der Waals surface area contributed by atoms with E-state index in [9.17, 15) is 19.7 Å². The van der Waals surface area contributed by atoms with Gasteiger partial charge in [-0.15, -0.1) is 0 Å². The molecule has 1 amide bonds. The van der Waals surface area contributed by atoms with Crippen LogP contribution in [0.15, 0.2) is 24.4 Å². The van der Waals surface area contributed by atoms with Gasteiger partial charge in [0.05, 0.1) is 23.3 Å². The number of carboxylic acids is 1. The van der Waals surface area contributed by atoms with Gasteiger partial charge >= 0.3 is 5.97 Å². The molecule has 1 fully saturated rings. The number of fused-ring (bicyclic) bond motifs is 1. The molecule has 0 unspecified atom stereocenters. The van der Waals surface area contributed by atoms with Crippen molar-refractivity contribution < 1.29 is 19.6 Å². The molecule has 25 heavy (non-hydrogen) atoms. The Morgan fingerprint density at radius 3 is 2.68 bits per heavy atom. The number of rotatable bonds is 6. The van der Waals surface area contributed by atoms with Gasteiger partial charge in [0.25, 0.3) is 5.69 Å². The van der Waals surface area contributed by atoms with Crippen LogP contribution in [-0.4, -0.2) is 32.4 Å². The number of aromatic nitrogens is 1. The number of nitro groups is 1. The van der Waals surface area contributed by atoms with E-state index >= 15 is 0 Å². The number of H-pyrrole nitrogens is 1. The molecule has 1 aromatic heterocycles. The standard InChI is InChI=1S/C17H19N3O5/c21-15(19-17(9-16(22)23)5-1-2-6-17)7-11-10-18-14-4-3-12(20(24)25)8-13(11)14/h3-4,8,10,18H,1-2,5-7,9H2,(H,19,21)(H,22,23). The van der Waals surface area contributed by atoms with Gasteiger partial charge in [-0.1, -0.05) is 12.8 Å². The Hall–Kier alpha value is -2.90. The number of non-ortho nitro benzene ring substituents is 1. The summed E-state index contributed by atoms with van der Waals surface area (Å²) < 4.78 is 0. The van der Waals surface area contributed by atoms with Crippen LogP contribution in [0, 0.1) is 10.1 Å². The molecule has 1 heterocycles. The van der Waals surface area contributed by atoms with Crippen LogP contribution in [0.5, 0.6) is 0 Å². The van der Waals surface area contributed by atoms with E-state index in [-0.39, 0.29) is 24.4 Å². The summed E-state index contributed by atoms with van der Waals surface area (Å²) in [5, 5.41) is 23.6. The smallest absolute Gasteiger partial charge is 0.305 e. The molecule has 3 rings (SSSR count). The molecule has 1 aromatic carbocycles. The van der Waals surface area contributed by atoms with Crippen molar-refractivity contribution >= 4 is 28.5 Å². The summed E-state index contributed by atoms with van der Waals surface area (Å²) in [6, 6.07) is 4.46. The molecule has 8 heteroatoms. The predicted octanol–water partition coefficient (Wildman–Crippen LogP) is 2.52. The molecule has 1 aliphatic rings. The van der Waals surface area contributed by atoms with Crippen molar-refractivity contribution in [3.63, 3.8) is 0 Å². The van der Waals surface area contributed by atoms with E-state index in [1.54, 1.807) is 12.3 Å². The zero-order valence-corrected chi connectivity index (χ0v) is 13.6. The molecule has 0 aliphatic heterocycles. The first kappa shape index (κ1) is 16.9. The van der Waals surface area contributed by atoms with Crippen LogP contribution in [0.3, 0.4) is 0 Å². The molecule has 1 aliphatic carbocycles. The molecule has 0 saturated heterocycles. The number of aliphatic carboxylic acids is 1. The maximum absolute atomic E-state index is 12.5. The van der Waals surface area contributed by atoms with Gasteiger partial charge in [-0.2, -0.15) is 0 Å². The summed E-state index contributed by atoms with van der Waals surface area (Å²) in [4.78, 5) is 37.0. The van der Waals surface area contributed by atoms with Crippen LogP contribution in [0.4, 0.5) is 5.69 Å². The predicted molar refractivity (Wildman–Crippen MR) is 90.3 cm³/mol. The fourth-order valence-electron chi connectivity index (χ4n) is 3.63. The zero-order chi connectivity index (χ0) is 18.0. The van der Waals surface area contributed by atoms with Crippen LogP contribution in [0.1, 0.15) is 37.7 Å². The number of hydrogen-bond acceptors (Lipinski definition) is 4. The third-order valence-corrected chi connectivity index (χ3v) is 4.77. The van der Waals surface area contributed by atoms with E-state index in [0.717, 1.165) is 18.4 Å². The number of nitrogens with one attached hydrogen (secondary N) is 2. The van der Waals surface area contributed by atoms with Gasteiger partial charge in [0.1, 0.15) is 0 Å². The molecular weight excluding hydrogens is 326 g/mol. The molecule has 1 saturated carbocycles. The second kappa shape index (κ2) is 6.54. The molecule has 0 bridgehead atoms. The van der Waals surface area contributed by atoms with Crippen LogP contribution in [-0.2, 0) is 16.0 Å². The first-order valence-electron chi connectivity index (χ1n) is 8.16. The number of carbonyl (C=O) groups excluding carboxylic acids is 1. The van der Waals surface area contributed by atoms with Crippen LogP contribution < -0.4 is 5.32 Å². The highest BCUT2D eigenvalue weighted by Crippen LogP contribution is 2.33. The van der Waals surface area contributed by atoms with Gasteiger partial charge in [-0.3, -0.25) is 19.7 Å². The highest BCUT2D eigenvalue weighted by atomic mass is 16.6. The van der Waals surface area contributed by atoms with E-state index in [1.165, 1.54) is 12.1 Å². The van der Waals surface area contributed by atoms with Crippen molar-refractivity contribution in [3.05, 3.63) is 40.1 Å². The first-order chi connectivity index (χ1) is 11.9. The minimum atomic E-state index is -0.926. The van der Waals surface area contributed by atoms with E-state index in [4.69, 9.17) is 5.11 Å². The Morgan fingerprint density at radius 2 is 2.04 bits per heavy atom. The van der Waals surface area contributed by atoms with Crippen molar-refractivity contribution in [2.24, 2.45) is 0 Å². The molecule has 132 valence electrons. The van der Waals surface area contributed by atoms with Crippen molar-refractivity contribution in [1.29, 1.82) is 0 Å². The highest BCUT2D eigenvalue weighted by molar-refractivity contribution is 5.90. The van der Waals surface area contributed by atoms with Gasteiger partial charge in [0.2, 0.25) is 5.91 Å². The number of nitro benzene ring substituents is 1.